The Balaban J connectivity index is 2.09. The van der Waals surface area contributed by atoms with E-state index in [2.05, 4.69) is 29.4 Å². The zero-order valence-electron chi connectivity index (χ0n) is 10.2. The summed E-state index contributed by atoms with van der Waals surface area (Å²) in [4.78, 5) is 13.6. The lowest BCUT2D eigenvalue weighted by atomic mass is 10.1. The molecule has 1 saturated heterocycles. The summed E-state index contributed by atoms with van der Waals surface area (Å²) in [7, 11) is 0. The van der Waals surface area contributed by atoms with Crippen LogP contribution < -0.4 is 10.6 Å². The van der Waals surface area contributed by atoms with E-state index in [9.17, 15) is 4.79 Å². The molecular formula is C11H23N3O. The Hall–Kier alpha value is -0.610. The molecule has 0 aromatic rings. The lowest BCUT2D eigenvalue weighted by Gasteiger charge is -2.40. The minimum absolute atomic E-state index is 0.132. The maximum absolute atomic E-state index is 11.4. The Labute approximate surface area is 92.4 Å². The third-order valence-corrected chi connectivity index (χ3v) is 2.34. The summed E-state index contributed by atoms with van der Waals surface area (Å²) in [5, 5.41) is 6.35. The molecule has 1 rings (SSSR count). The Morgan fingerprint density at radius 3 is 2.33 bits per heavy atom. The van der Waals surface area contributed by atoms with E-state index in [-0.39, 0.29) is 11.9 Å². The predicted molar refractivity (Wildman–Crippen MR) is 61.8 cm³/mol. The second-order valence-corrected chi connectivity index (χ2v) is 4.93. The molecule has 1 fully saturated rings. The first kappa shape index (κ1) is 12.5. The topological polar surface area (TPSA) is 44.4 Å². The number of likely N-dealkylation sites (tertiary alicyclic amines) is 1. The van der Waals surface area contributed by atoms with Gasteiger partial charge in [0.2, 0.25) is 5.91 Å². The molecule has 1 aliphatic rings. The van der Waals surface area contributed by atoms with Crippen LogP contribution in [0.1, 0.15) is 27.7 Å². The number of carbonyl (C=O) groups is 1. The maximum atomic E-state index is 11.4. The van der Waals surface area contributed by atoms with Crippen molar-refractivity contribution in [2.75, 3.05) is 19.6 Å². The zero-order valence-corrected chi connectivity index (χ0v) is 10.2. The lowest BCUT2D eigenvalue weighted by molar-refractivity contribution is -0.123. The molecule has 1 heterocycles. The molecule has 1 aliphatic heterocycles. The summed E-state index contributed by atoms with van der Waals surface area (Å²) >= 11 is 0. The molecule has 0 spiro atoms. The number of nitrogens with one attached hydrogen (secondary N) is 2. The smallest absolute Gasteiger partial charge is 0.234 e. The molecule has 0 aromatic heterocycles. The van der Waals surface area contributed by atoms with Crippen LogP contribution in [-0.4, -0.2) is 48.6 Å². The fraction of sp³-hybridized carbons (Fsp3) is 0.909. The summed E-state index contributed by atoms with van der Waals surface area (Å²) in [5.41, 5.74) is 0. The Bertz CT molecular complexity index is 210. The van der Waals surface area contributed by atoms with Crippen molar-refractivity contribution in [3.05, 3.63) is 0 Å². The van der Waals surface area contributed by atoms with Crippen molar-refractivity contribution in [2.24, 2.45) is 0 Å². The number of hydrogen-bond donors (Lipinski definition) is 2. The molecule has 1 amide bonds. The summed E-state index contributed by atoms with van der Waals surface area (Å²) < 4.78 is 0. The number of carbonyl (C=O) groups excluding carboxylic acids is 1. The molecule has 0 bridgehead atoms. The van der Waals surface area contributed by atoms with E-state index in [0.717, 1.165) is 13.1 Å². The van der Waals surface area contributed by atoms with Gasteiger partial charge >= 0.3 is 0 Å². The van der Waals surface area contributed by atoms with Gasteiger partial charge in [0, 0.05) is 31.2 Å². The molecule has 0 unspecified atom stereocenters. The van der Waals surface area contributed by atoms with Crippen molar-refractivity contribution in [1.29, 1.82) is 0 Å². The third kappa shape index (κ3) is 4.62. The minimum atomic E-state index is 0.132. The number of rotatable bonds is 5. The molecule has 0 aliphatic carbocycles. The van der Waals surface area contributed by atoms with Gasteiger partial charge < -0.3 is 10.6 Å². The molecule has 15 heavy (non-hydrogen) atoms. The van der Waals surface area contributed by atoms with E-state index < -0.39 is 0 Å². The van der Waals surface area contributed by atoms with Gasteiger partial charge in [-0.25, -0.2) is 0 Å². The molecular weight excluding hydrogens is 190 g/mol. The van der Waals surface area contributed by atoms with Crippen LogP contribution in [0.25, 0.3) is 0 Å². The van der Waals surface area contributed by atoms with Crippen LogP contribution in [0.2, 0.25) is 0 Å². The zero-order chi connectivity index (χ0) is 11.4. The standard InChI is InChI=1S/C11H23N3O/c1-8(2)12-10-5-14(6-10)7-11(15)13-9(3)4/h8-10,12H,5-7H2,1-4H3,(H,13,15). The van der Waals surface area contributed by atoms with Gasteiger partial charge in [-0.3, -0.25) is 9.69 Å². The van der Waals surface area contributed by atoms with Crippen molar-refractivity contribution in [3.63, 3.8) is 0 Å². The van der Waals surface area contributed by atoms with Gasteiger partial charge in [0.1, 0.15) is 0 Å². The van der Waals surface area contributed by atoms with Crippen LogP contribution in [0.4, 0.5) is 0 Å². The molecule has 0 aromatic carbocycles. The van der Waals surface area contributed by atoms with Crippen LogP contribution in [0, 0.1) is 0 Å². The van der Waals surface area contributed by atoms with Crippen LogP contribution in [-0.2, 0) is 4.79 Å². The first-order valence-corrected chi connectivity index (χ1v) is 5.75. The highest BCUT2D eigenvalue weighted by Gasteiger charge is 2.27. The van der Waals surface area contributed by atoms with E-state index in [1.807, 2.05) is 13.8 Å². The number of hydrogen-bond acceptors (Lipinski definition) is 3. The number of amides is 1. The molecule has 0 saturated carbocycles. The fourth-order valence-electron chi connectivity index (χ4n) is 1.85. The van der Waals surface area contributed by atoms with Crippen molar-refractivity contribution >= 4 is 5.91 Å². The average Bonchev–Trinajstić information content (AvgIpc) is 1.97. The van der Waals surface area contributed by atoms with Gasteiger partial charge in [-0.1, -0.05) is 13.8 Å². The Morgan fingerprint density at radius 1 is 1.27 bits per heavy atom. The van der Waals surface area contributed by atoms with Crippen molar-refractivity contribution in [3.8, 4) is 0 Å². The highest BCUT2D eigenvalue weighted by Crippen LogP contribution is 2.07. The maximum Gasteiger partial charge on any atom is 0.234 e. The largest absolute Gasteiger partial charge is 0.353 e. The minimum Gasteiger partial charge on any atom is -0.353 e. The van der Waals surface area contributed by atoms with Gasteiger partial charge in [-0.15, -0.1) is 0 Å². The molecule has 4 heteroatoms. The monoisotopic (exact) mass is 213 g/mol. The van der Waals surface area contributed by atoms with Gasteiger partial charge in [-0.05, 0) is 13.8 Å². The van der Waals surface area contributed by atoms with Gasteiger partial charge in [0.25, 0.3) is 0 Å². The van der Waals surface area contributed by atoms with E-state index in [4.69, 9.17) is 0 Å². The van der Waals surface area contributed by atoms with E-state index in [1.165, 1.54) is 0 Å². The highest BCUT2D eigenvalue weighted by molar-refractivity contribution is 5.78. The molecule has 4 nitrogen and oxygen atoms in total. The van der Waals surface area contributed by atoms with Gasteiger partial charge in [-0.2, -0.15) is 0 Å². The SMILES string of the molecule is CC(C)NC(=O)CN1CC(NC(C)C)C1. The fourth-order valence-corrected chi connectivity index (χ4v) is 1.85. The molecule has 0 radical (unpaired) electrons. The number of nitrogens with zero attached hydrogens (tertiary/aromatic N) is 1. The highest BCUT2D eigenvalue weighted by atomic mass is 16.2. The Kier molecular flexibility index (Phi) is 4.54. The van der Waals surface area contributed by atoms with E-state index >= 15 is 0 Å². The second-order valence-electron chi connectivity index (χ2n) is 4.93. The lowest BCUT2D eigenvalue weighted by Crippen LogP contribution is -2.61. The van der Waals surface area contributed by atoms with Crippen LogP contribution in [0.5, 0.6) is 0 Å². The van der Waals surface area contributed by atoms with Crippen LogP contribution >= 0.6 is 0 Å². The molecule has 2 N–H and O–H groups in total. The molecule has 0 atom stereocenters. The van der Waals surface area contributed by atoms with Gasteiger partial charge in [0.15, 0.2) is 0 Å². The third-order valence-electron chi connectivity index (χ3n) is 2.34. The van der Waals surface area contributed by atoms with Crippen molar-refractivity contribution in [1.82, 2.24) is 15.5 Å². The van der Waals surface area contributed by atoms with Crippen molar-refractivity contribution < 1.29 is 4.79 Å². The normalized spacial score (nSPS) is 18.3. The molecule has 88 valence electrons. The van der Waals surface area contributed by atoms with Crippen molar-refractivity contribution in [2.45, 2.75) is 45.8 Å². The average molecular weight is 213 g/mol. The van der Waals surface area contributed by atoms with Crippen LogP contribution in [0.15, 0.2) is 0 Å². The summed E-state index contributed by atoms with van der Waals surface area (Å²) in [5.74, 6) is 0.132. The first-order valence-electron chi connectivity index (χ1n) is 5.75. The van der Waals surface area contributed by atoms with Crippen LogP contribution in [0.3, 0.4) is 0 Å². The quantitative estimate of drug-likeness (QED) is 0.685. The summed E-state index contributed by atoms with van der Waals surface area (Å²) in [6.45, 7) is 10.8. The Morgan fingerprint density at radius 2 is 1.87 bits per heavy atom. The second kappa shape index (κ2) is 5.47. The first-order chi connectivity index (χ1) is 6.97. The van der Waals surface area contributed by atoms with E-state index in [1.54, 1.807) is 0 Å². The van der Waals surface area contributed by atoms with Gasteiger partial charge in [0.05, 0.1) is 6.54 Å². The van der Waals surface area contributed by atoms with E-state index in [0.29, 0.717) is 18.6 Å². The summed E-state index contributed by atoms with van der Waals surface area (Å²) in [6.07, 6.45) is 0. The predicted octanol–water partition coefficient (Wildman–Crippen LogP) is 0.193. The summed E-state index contributed by atoms with van der Waals surface area (Å²) in [6, 6.07) is 1.34.